The Morgan fingerprint density at radius 3 is 2.58 bits per heavy atom. The molecule has 1 amide bonds. The van der Waals surface area contributed by atoms with Gasteiger partial charge in [-0.1, -0.05) is 11.6 Å². The number of amides is 1. The zero-order valence-corrected chi connectivity index (χ0v) is 19.7. The van der Waals surface area contributed by atoms with Crippen molar-refractivity contribution in [3.8, 4) is 5.75 Å². The summed E-state index contributed by atoms with van der Waals surface area (Å²) < 4.78 is 65.9. The average molecular weight is 534 g/mol. The number of carbonyl (C=O) groups is 1. The summed E-state index contributed by atoms with van der Waals surface area (Å²) in [6, 6.07) is 3.87. The van der Waals surface area contributed by atoms with Crippen LogP contribution in [0.15, 0.2) is 22.6 Å². The van der Waals surface area contributed by atoms with Gasteiger partial charge in [0.05, 0.1) is 28.2 Å². The Bertz CT molecular complexity index is 1130. The molecule has 2 N–H and O–H groups in total. The van der Waals surface area contributed by atoms with E-state index in [-0.39, 0.29) is 42.0 Å². The topological polar surface area (TPSA) is 107 Å². The summed E-state index contributed by atoms with van der Waals surface area (Å²) in [6.45, 7) is -0.353. The number of ether oxygens (including phenoxy) is 2. The number of hydrogen-bond donors (Lipinski definition) is 2. The van der Waals surface area contributed by atoms with E-state index in [0.717, 1.165) is 6.07 Å². The monoisotopic (exact) mass is 533 g/mol. The number of fused-ring (bicyclic) bond motifs is 3. The third kappa shape index (κ3) is 4.90. The van der Waals surface area contributed by atoms with Crippen LogP contribution in [0.5, 0.6) is 5.75 Å². The van der Waals surface area contributed by atoms with E-state index in [4.69, 9.17) is 20.8 Å². The van der Waals surface area contributed by atoms with E-state index in [2.05, 4.69) is 20.3 Å². The van der Waals surface area contributed by atoms with E-state index in [1.165, 1.54) is 12.1 Å². The molecule has 2 aromatic rings. The highest BCUT2D eigenvalue weighted by Crippen LogP contribution is 2.54. The molecular weight excluding hydrogens is 510 g/mol. The van der Waals surface area contributed by atoms with E-state index >= 15 is 0 Å². The van der Waals surface area contributed by atoms with Gasteiger partial charge in [-0.2, -0.15) is 0 Å². The molecule has 0 aliphatic heterocycles. The Kier molecular flexibility index (Phi) is 6.40. The lowest BCUT2D eigenvalue weighted by Gasteiger charge is -2.54. The van der Waals surface area contributed by atoms with Crippen LogP contribution in [-0.4, -0.2) is 51.9 Å². The number of aliphatic hydroxyl groups is 1. The molecule has 1 heterocycles. The van der Waals surface area contributed by atoms with Crippen molar-refractivity contribution in [1.29, 1.82) is 0 Å². The summed E-state index contributed by atoms with van der Waals surface area (Å²) >= 11 is 5.64. The lowest BCUT2D eigenvalue weighted by molar-refractivity contribution is -0.352. The summed E-state index contributed by atoms with van der Waals surface area (Å²) in [5.74, 6) is -0.590. The largest absolute Gasteiger partial charge is 0.522 e. The minimum Gasteiger partial charge on any atom is -0.484 e. The highest BCUT2D eigenvalue weighted by Gasteiger charge is 2.57. The van der Waals surface area contributed by atoms with Gasteiger partial charge in [0.15, 0.2) is 6.61 Å². The maximum atomic E-state index is 13.6. The van der Waals surface area contributed by atoms with Gasteiger partial charge in [-0.25, -0.2) is 4.39 Å². The smallest absolute Gasteiger partial charge is 0.484 e. The number of alkyl halides is 3. The highest BCUT2D eigenvalue weighted by molar-refractivity contribution is 6.30. The van der Waals surface area contributed by atoms with Crippen molar-refractivity contribution in [3.05, 3.63) is 40.8 Å². The second-order valence-electron chi connectivity index (χ2n) is 9.87. The van der Waals surface area contributed by atoms with Crippen LogP contribution in [0, 0.1) is 5.82 Å². The van der Waals surface area contributed by atoms with E-state index in [0.29, 0.717) is 38.0 Å². The molecule has 0 unspecified atom stereocenters. The molecule has 0 spiro atoms. The van der Waals surface area contributed by atoms with Crippen molar-refractivity contribution in [2.75, 3.05) is 6.61 Å². The van der Waals surface area contributed by atoms with E-state index in [1.807, 2.05) is 0 Å². The van der Waals surface area contributed by atoms with Crippen LogP contribution in [-0.2, 0) is 14.9 Å². The van der Waals surface area contributed by atoms with Gasteiger partial charge in [0, 0.05) is 12.0 Å². The van der Waals surface area contributed by atoms with Crippen molar-refractivity contribution in [1.82, 2.24) is 15.5 Å². The fourth-order valence-electron chi connectivity index (χ4n) is 5.48. The third-order valence-electron chi connectivity index (χ3n) is 7.61. The van der Waals surface area contributed by atoms with Crippen LogP contribution in [0.4, 0.5) is 17.6 Å². The summed E-state index contributed by atoms with van der Waals surface area (Å²) in [6.07, 6.45) is -3.76. The van der Waals surface area contributed by atoms with Gasteiger partial charge in [-0.05, 0) is 57.1 Å². The zero-order valence-electron chi connectivity index (χ0n) is 19.0. The van der Waals surface area contributed by atoms with Crippen LogP contribution in [0.1, 0.15) is 62.6 Å². The van der Waals surface area contributed by atoms with E-state index < -0.39 is 41.2 Å². The first-order valence-electron chi connectivity index (χ1n) is 11.6. The molecule has 4 saturated carbocycles. The second-order valence-corrected chi connectivity index (χ2v) is 10.3. The Morgan fingerprint density at radius 2 is 1.94 bits per heavy atom. The molecular formula is C23H24ClF4N3O5. The second kappa shape index (κ2) is 9.14. The number of hydrogen-bond acceptors (Lipinski definition) is 7. The number of nitrogens with one attached hydrogen (secondary N) is 1. The van der Waals surface area contributed by atoms with Crippen LogP contribution >= 0.6 is 11.6 Å². The summed E-state index contributed by atoms with van der Waals surface area (Å²) in [4.78, 5) is 12.6. The van der Waals surface area contributed by atoms with Gasteiger partial charge in [-0.15, -0.1) is 23.4 Å². The predicted octanol–water partition coefficient (Wildman–Crippen LogP) is 4.15. The van der Waals surface area contributed by atoms with Gasteiger partial charge in [0.25, 0.3) is 5.91 Å². The zero-order chi connectivity index (χ0) is 25.7. The molecule has 13 heteroatoms. The van der Waals surface area contributed by atoms with Crippen molar-refractivity contribution in [2.24, 2.45) is 0 Å². The third-order valence-corrected chi connectivity index (χ3v) is 7.92. The quantitative estimate of drug-likeness (QED) is 0.515. The van der Waals surface area contributed by atoms with Crippen molar-refractivity contribution >= 4 is 17.5 Å². The maximum absolute atomic E-state index is 13.6. The fraction of sp³-hybridized carbons (Fsp3) is 0.609. The van der Waals surface area contributed by atoms with Crippen LogP contribution < -0.4 is 10.1 Å². The maximum Gasteiger partial charge on any atom is 0.522 e. The molecule has 36 heavy (non-hydrogen) atoms. The van der Waals surface area contributed by atoms with E-state index in [1.54, 1.807) is 0 Å². The van der Waals surface area contributed by atoms with Crippen molar-refractivity contribution in [3.63, 3.8) is 0 Å². The molecule has 8 nitrogen and oxygen atoms in total. The number of nitrogens with zero attached hydrogens (tertiary/aromatic N) is 2. The minimum absolute atomic E-state index is 0.0533. The molecule has 4 aliphatic carbocycles. The van der Waals surface area contributed by atoms with Crippen LogP contribution in [0.2, 0.25) is 5.02 Å². The number of aromatic nitrogens is 2. The summed E-state index contributed by atoms with van der Waals surface area (Å²) in [7, 11) is 0. The highest BCUT2D eigenvalue weighted by atomic mass is 35.5. The molecule has 1 aromatic carbocycles. The van der Waals surface area contributed by atoms with Crippen LogP contribution in [0.25, 0.3) is 0 Å². The Morgan fingerprint density at radius 1 is 1.22 bits per heavy atom. The van der Waals surface area contributed by atoms with Gasteiger partial charge in [0.2, 0.25) is 11.8 Å². The fourth-order valence-corrected chi connectivity index (χ4v) is 5.60. The molecule has 196 valence electrons. The normalized spacial score (nSPS) is 31.7. The number of aliphatic hydroxyl groups excluding tert-OH is 1. The standard InChI is InChI=1S/C23H24ClF4N3O5/c24-15-2-1-13(9-16(15)25)34-11-18(33)29-22-5-3-21(4-6-22,10-17(22)32)20-31-30-19(35-20)12-7-14(8-12)36-23(26,27)28/h1-2,9,12,14,17,32H,3-8,10-11H2,(H,29,33)/t12?,14?,17-,21?,22?/m0/s1. The molecule has 6 rings (SSSR count). The van der Waals surface area contributed by atoms with Gasteiger partial charge < -0.3 is 19.6 Å². The lowest BCUT2D eigenvalue weighted by Crippen LogP contribution is -2.66. The van der Waals surface area contributed by atoms with Crippen molar-refractivity contribution < 1.29 is 41.4 Å². The predicted molar refractivity (Wildman–Crippen MR) is 116 cm³/mol. The van der Waals surface area contributed by atoms with Crippen molar-refractivity contribution in [2.45, 2.75) is 80.4 Å². The molecule has 0 radical (unpaired) electrons. The molecule has 0 saturated heterocycles. The van der Waals surface area contributed by atoms with Gasteiger partial charge >= 0.3 is 6.36 Å². The summed E-state index contributed by atoms with van der Waals surface area (Å²) in [5.41, 5.74) is -1.38. The first-order chi connectivity index (χ1) is 17.0. The Hall–Kier alpha value is -2.44. The molecule has 2 bridgehead atoms. The number of halogens is 5. The minimum atomic E-state index is -4.67. The Balaban J connectivity index is 1.17. The first kappa shape index (κ1) is 25.2. The van der Waals surface area contributed by atoms with Crippen LogP contribution in [0.3, 0.4) is 0 Å². The average Bonchev–Trinajstić information content (AvgIpc) is 3.28. The molecule has 1 atom stereocenters. The number of rotatable bonds is 7. The number of benzene rings is 1. The molecule has 1 aromatic heterocycles. The van der Waals surface area contributed by atoms with Gasteiger partial charge in [0.1, 0.15) is 11.6 Å². The lowest BCUT2D eigenvalue weighted by atomic mass is 9.55. The molecule has 4 aliphatic rings. The SMILES string of the molecule is O=C(COc1ccc(Cl)c(F)c1)NC12CCC(c3nnc(C4CC(OC(F)(F)F)C4)o3)(CC1)C[C@@H]2O. The van der Waals surface area contributed by atoms with Gasteiger partial charge in [-0.3, -0.25) is 9.53 Å². The number of carbonyl (C=O) groups excluding carboxylic acids is 1. The van der Waals surface area contributed by atoms with E-state index in [9.17, 15) is 27.5 Å². The summed E-state index contributed by atoms with van der Waals surface area (Å²) in [5, 5.41) is 22.0. The molecule has 4 fully saturated rings. The first-order valence-corrected chi connectivity index (χ1v) is 12.0. The Labute approximate surface area is 208 Å².